The monoisotopic (exact) mass is 340 g/mol. The molecule has 2 aliphatic heterocycles. The van der Waals surface area contributed by atoms with Gasteiger partial charge in [0.25, 0.3) is 0 Å². The van der Waals surface area contributed by atoms with Gasteiger partial charge in [0.15, 0.2) is 17.4 Å². The van der Waals surface area contributed by atoms with Crippen LogP contribution in [0.1, 0.15) is 18.4 Å². The topological polar surface area (TPSA) is 24.9 Å². The molecule has 0 aliphatic carbocycles. The maximum atomic E-state index is 14.3. The minimum atomic E-state index is -0.650. The summed E-state index contributed by atoms with van der Waals surface area (Å²) >= 11 is 0. The van der Waals surface area contributed by atoms with Crippen molar-refractivity contribution in [3.63, 3.8) is 0 Å². The quantitative estimate of drug-likeness (QED) is 0.822. The van der Waals surface area contributed by atoms with E-state index in [9.17, 15) is 8.78 Å². The van der Waals surface area contributed by atoms with E-state index in [1.165, 1.54) is 25.7 Å². The lowest BCUT2D eigenvalue weighted by molar-refractivity contribution is 0.0223. The molecule has 3 rings (SSSR count). The predicted molar refractivity (Wildman–Crippen MR) is 88.2 cm³/mol. The van der Waals surface area contributed by atoms with Gasteiger partial charge >= 0.3 is 0 Å². The van der Waals surface area contributed by atoms with Gasteiger partial charge in [0.05, 0.1) is 20.3 Å². The summed E-state index contributed by atoms with van der Waals surface area (Å²) in [6, 6.07) is 2.81. The standard InChI is InChI=1S/C18H26F2N2O2/c1-23-18-16(19)5-4-15(17(18)20)13-22-6-2-3-14(12-22)11-21-7-9-24-10-8-21/h4-5,14H,2-3,6-13H2,1H3/t14-/m1/s1. The fraction of sp³-hybridized carbons (Fsp3) is 0.667. The Bertz CT molecular complexity index is 550. The molecular weight excluding hydrogens is 314 g/mol. The summed E-state index contributed by atoms with van der Waals surface area (Å²) < 4.78 is 38.1. The summed E-state index contributed by atoms with van der Waals surface area (Å²) in [6.07, 6.45) is 2.33. The van der Waals surface area contributed by atoms with Crippen LogP contribution in [-0.2, 0) is 11.3 Å². The second-order valence-electron chi connectivity index (χ2n) is 6.71. The smallest absolute Gasteiger partial charge is 0.190 e. The summed E-state index contributed by atoms with van der Waals surface area (Å²) in [5.41, 5.74) is 0.500. The second kappa shape index (κ2) is 8.23. The van der Waals surface area contributed by atoms with Crippen molar-refractivity contribution in [3.8, 4) is 5.75 Å². The van der Waals surface area contributed by atoms with E-state index in [0.29, 0.717) is 18.0 Å². The van der Waals surface area contributed by atoms with E-state index in [4.69, 9.17) is 9.47 Å². The normalized spacial score (nSPS) is 23.4. The lowest BCUT2D eigenvalue weighted by Crippen LogP contribution is -2.44. The van der Waals surface area contributed by atoms with Crippen molar-refractivity contribution >= 4 is 0 Å². The van der Waals surface area contributed by atoms with Crippen LogP contribution in [0.4, 0.5) is 8.78 Å². The molecule has 24 heavy (non-hydrogen) atoms. The number of nitrogens with zero attached hydrogens (tertiary/aromatic N) is 2. The number of methoxy groups -OCH3 is 1. The first-order valence-electron chi connectivity index (χ1n) is 8.70. The Balaban J connectivity index is 1.59. The zero-order valence-electron chi connectivity index (χ0n) is 14.3. The number of likely N-dealkylation sites (tertiary alicyclic amines) is 1. The van der Waals surface area contributed by atoms with E-state index in [1.807, 2.05) is 0 Å². The first kappa shape index (κ1) is 17.6. The highest BCUT2D eigenvalue weighted by atomic mass is 19.1. The third kappa shape index (κ3) is 4.23. The Kier molecular flexibility index (Phi) is 6.03. The Morgan fingerprint density at radius 2 is 1.96 bits per heavy atom. The highest BCUT2D eigenvalue weighted by Gasteiger charge is 2.24. The van der Waals surface area contributed by atoms with Crippen LogP contribution in [0.3, 0.4) is 0 Å². The lowest BCUT2D eigenvalue weighted by atomic mass is 9.96. The molecule has 0 N–H and O–H groups in total. The van der Waals surface area contributed by atoms with Gasteiger partial charge in [-0.15, -0.1) is 0 Å². The molecule has 0 aromatic heterocycles. The molecule has 2 fully saturated rings. The first-order valence-corrected chi connectivity index (χ1v) is 8.70. The molecule has 134 valence electrons. The zero-order chi connectivity index (χ0) is 16.9. The van der Waals surface area contributed by atoms with E-state index in [0.717, 1.165) is 52.4 Å². The van der Waals surface area contributed by atoms with Crippen LogP contribution in [0.25, 0.3) is 0 Å². The largest absolute Gasteiger partial charge is 0.491 e. The van der Waals surface area contributed by atoms with Crippen LogP contribution in [0.5, 0.6) is 5.75 Å². The molecule has 4 nitrogen and oxygen atoms in total. The van der Waals surface area contributed by atoms with Crippen molar-refractivity contribution in [1.82, 2.24) is 9.80 Å². The molecule has 0 amide bonds. The number of piperidine rings is 1. The molecule has 0 saturated carbocycles. The highest BCUT2D eigenvalue weighted by molar-refractivity contribution is 5.32. The van der Waals surface area contributed by atoms with Gasteiger partial charge in [-0.05, 0) is 31.4 Å². The Morgan fingerprint density at radius 1 is 1.17 bits per heavy atom. The summed E-state index contributed by atoms with van der Waals surface area (Å²) in [5, 5.41) is 0. The second-order valence-corrected chi connectivity index (χ2v) is 6.71. The molecule has 2 saturated heterocycles. The van der Waals surface area contributed by atoms with Crippen LogP contribution in [-0.4, -0.2) is 62.8 Å². The van der Waals surface area contributed by atoms with Gasteiger partial charge < -0.3 is 9.47 Å². The lowest BCUT2D eigenvalue weighted by Gasteiger charge is -2.36. The predicted octanol–water partition coefficient (Wildman–Crippen LogP) is 2.52. The van der Waals surface area contributed by atoms with Gasteiger partial charge in [0.2, 0.25) is 0 Å². The molecule has 0 spiro atoms. The molecule has 0 radical (unpaired) electrons. The summed E-state index contributed by atoms with van der Waals surface area (Å²) in [4.78, 5) is 4.73. The average Bonchev–Trinajstić information content (AvgIpc) is 2.59. The number of benzene rings is 1. The van der Waals surface area contributed by atoms with Crippen LogP contribution in [0.2, 0.25) is 0 Å². The van der Waals surface area contributed by atoms with Crippen molar-refractivity contribution in [2.75, 3.05) is 53.0 Å². The number of morpholine rings is 1. The minimum absolute atomic E-state index is 0.283. The van der Waals surface area contributed by atoms with Crippen molar-refractivity contribution in [2.24, 2.45) is 5.92 Å². The number of hydrogen-bond donors (Lipinski definition) is 0. The number of halogens is 2. The first-order chi connectivity index (χ1) is 11.7. The molecular formula is C18H26F2N2O2. The summed E-state index contributed by atoms with van der Waals surface area (Å²) in [6.45, 7) is 7.13. The van der Waals surface area contributed by atoms with E-state index >= 15 is 0 Å². The summed E-state index contributed by atoms with van der Waals surface area (Å²) in [5.74, 6) is -0.910. The maximum Gasteiger partial charge on any atom is 0.190 e. The van der Waals surface area contributed by atoms with Gasteiger partial charge in [-0.2, -0.15) is 0 Å². The zero-order valence-corrected chi connectivity index (χ0v) is 14.3. The van der Waals surface area contributed by atoms with Crippen molar-refractivity contribution in [3.05, 3.63) is 29.3 Å². The molecule has 6 heteroatoms. The Hall–Kier alpha value is -1.24. The number of rotatable bonds is 5. The Morgan fingerprint density at radius 3 is 2.71 bits per heavy atom. The van der Waals surface area contributed by atoms with Crippen LogP contribution in [0.15, 0.2) is 12.1 Å². The van der Waals surface area contributed by atoms with E-state index in [-0.39, 0.29) is 5.75 Å². The fourth-order valence-corrected chi connectivity index (χ4v) is 3.72. The SMILES string of the molecule is COc1c(F)ccc(CN2CCC[C@H](CN3CCOCC3)C2)c1F. The van der Waals surface area contributed by atoms with Crippen molar-refractivity contribution < 1.29 is 18.3 Å². The van der Waals surface area contributed by atoms with Crippen LogP contribution >= 0.6 is 0 Å². The molecule has 2 heterocycles. The van der Waals surface area contributed by atoms with E-state index < -0.39 is 11.6 Å². The van der Waals surface area contributed by atoms with Crippen LogP contribution < -0.4 is 4.74 Å². The average molecular weight is 340 g/mol. The summed E-state index contributed by atoms with van der Waals surface area (Å²) in [7, 11) is 1.30. The maximum absolute atomic E-state index is 14.3. The molecule has 0 bridgehead atoms. The van der Waals surface area contributed by atoms with Gasteiger partial charge in [-0.1, -0.05) is 6.07 Å². The third-order valence-corrected chi connectivity index (χ3v) is 4.95. The minimum Gasteiger partial charge on any atom is -0.491 e. The van der Waals surface area contributed by atoms with Crippen molar-refractivity contribution in [2.45, 2.75) is 19.4 Å². The van der Waals surface area contributed by atoms with Crippen LogP contribution in [0, 0.1) is 17.6 Å². The molecule has 1 aromatic rings. The highest BCUT2D eigenvalue weighted by Crippen LogP contribution is 2.27. The van der Waals surface area contributed by atoms with E-state index in [2.05, 4.69) is 9.80 Å². The molecule has 1 atom stereocenters. The van der Waals surface area contributed by atoms with E-state index in [1.54, 1.807) is 0 Å². The van der Waals surface area contributed by atoms with Gasteiger partial charge in [-0.25, -0.2) is 8.78 Å². The molecule has 1 aromatic carbocycles. The van der Waals surface area contributed by atoms with Gasteiger partial charge in [0.1, 0.15) is 0 Å². The number of hydrogen-bond acceptors (Lipinski definition) is 4. The molecule has 2 aliphatic rings. The third-order valence-electron chi connectivity index (χ3n) is 4.95. The van der Waals surface area contributed by atoms with Gasteiger partial charge in [0, 0.05) is 38.3 Å². The Labute approximate surface area is 142 Å². The molecule has 0 unspecified atom stereocenters. The number of ether oxygens (including phenoxy) is 2. The van der Waals surface area contributed by atoms with Crippen molar-refractivity contribution in [1.29, 1.82) is 0 Å². The van der Waals surface area contributed by atoms with Gasteiger partial charge in [-0.3, -0.25) is 9.80 Å². The fourth-order valence-electron chi connectivity index (χ4n) is 3.72.